The van der Waals surface area contributed by atoms with Crippen molar-refractivity contribution in [1.82, 2.24) is 0 Å². The molecule has 15 heavy (non-hydrogen) atoms. The summed E-state index contributed by atoms with van der Waals surface area (Å²) >= 11 is 7.09. The van der Waals surface area contributed by atoms with Crippen molar-refractivity contribution in [2.24, 2.45) is 0 Å². The van der Waals surface area contributed by atoms with E-state index in [1.54, 1.807) is 5.38 Å². The number of hydrogen-bond acceptors (Lipinski definition) is 2. The van der Waals surface area contributed by atoms with Crippen molar-refractivity contribution in [2.45, 2.75) is 6.36 Å². The summed E-state index contributed by atoms with van der Waals surface area (Å²) < 4.78 is 40.4. The van der Waals surface area contributed by atoms with Gasteiger partial charge in [-0.25, -0.2) is 0 Å². The lowest BCUT2D eigenvalue weighted by molar-refractivity contribution is -0.274. The highest BCUT2D eigenvalue weighted by Crippen LogP contribution is 2.37. The number of hydrogen-bond donors (Lipinski definition) is 0. The van der Waals surface area contributed by atoms with Crippen molar-refractivity contribution in [3.05, 3.63) is 28.6 Å². The molecular formula is C9H3ClF3OS. The van der Waals surface area contributed by atoms with E-state index in [-0.39, 0.29) is 5.02 Å². The first-order chi connectivity index (χ1) is 6.97. The van der Waals surface area contributed by atoms with Gasteiger partial charge in [-0.15, -0.1) is 24.5 Å². The summed E-state index contributed by atoms with van der Waals surface area (Å²) in [6.45, 7) is 0. The van der Waals surface area contributed by atoms with Crippen molar-refractivity contribution < 1.29 is 17.9 Å². The van der Waals surface area contributed by atoms with Gasteiger partial charge in [-0.2, -0.15) is 0 Å². The average Bonchev–Trinajstić information content (AvgIpc) is 2.56. The lowest BCUT2D eigenvalue weighted by atomic mass is 10.2. The maximum Gasteiger partial charge on any atom is 0.573 e. The van der Waals surface area contributed by atoms with Crippen LogP contribution in [0.2, 0.25) is 5.02 Å². The summed E-state index contributed by atoms with van der Waals surface area (Å²) in [5.41, 5.74) is 0. The van der Waals surface area contributed by atoms with E-state index in [0.717, 1.165) is 4.70 Å². The monoisotopic (exact) mass is 251 g/mol. The molecule has 79 valence electrons. The number of benzene rings is 1. The summed E-state index contributed by atoms with van der Waals surface area (Å²) in [5, 5.41) is 2.02. The molecule has 0 spiro atoms. The quantitative estimate of drug-likeness (QED) is 0.736. The zero-order valence-corrected chi connectivity index (χ0v) is 8.63. The van der Waals surface area contributed by atoms with Crippen LogP contribution < -0.4 is 4.74 Å². The standard InChI is InChI=1S/C9H3ClF3OS/c10-8-5-3-4-15-7(5)2-1-6(8)14-9(11,12)13/h1-2,4H. The summed E-state index contributed by atoms with van der Waals surface area (Å²) in [6, 6.07) is 5.47. The van der Waals surface area contributed by atoms with E-state index in [0.29, 0.717) is 5.39 Å². The summed E-state index contributed by atoms with van der Waals surface area (Å²) in [6.07, 6.45) is -4.73. The minimum absolute atomic E-state index is 0.0638. The van der Waals surface area contributed by atoms with Crippen LogP contribution in [0.1, 0.15) is 0 Å². The van der Waals surface area contributed by atoms with E-state index in [1.807, 2.05) is 0 Å². The summed E-state index contributed by atoms with van der Waals surface area (Å²) in [4.78, 5) is 0. The second kappa shape index (κ2) is 3.57. The molecule has 1 heterocycles. The number of fused-ring (bicyclic) bond motifs is 1. The van der Waals surface area contributed by atoms with Gasteiger partial charge in [-0.05, 0) is 17.5 Å². The minimum Gasteiger partial charge on any atom is -0.404 e. The van der Waals surface area contributed by atoms with E-state index in [9.17, 15) is 13.2 Å². The fraction of sp³-hybridized carbons (Fsp3) is 0.111. The number of thiophene rings is 1. The molecule has 2 aromatic rings. The van der Waals surface area contributed by atoms with Crippen LogP contribution in [0.5, 0.6) is 5.75 Å². The fourth-order valence-corrected chi connectivity index (χ4v) is 2.17. The van der Waals surface area contributed by atoms with Crippen LogP contribution in [0, 0.1) is 6.07 Å². The molecule has 0 saturated carbocycles. The first-order valence-electron chi connectivity index (χ1n) is 3.80. The molecule has 0 unspecified atom stereocenters. The highest BCUT2D eigenvalue weighted by atomic mass is 35.5. The molecule has 1 aromatic carbocycles. The molecule has 0 aliphatic heterocycles. The number of halogens is 4. The first kappa shape index (κ1) is 10.6. The van der Waals surface area contributed by atoms with Gasteiger partial charge in [0.05, 0.1) is 5.02 Å². The van der Waals surface area contributed by atoms with Crippen molar-refractivity contribution in [1.29, 1.82) is 0 Å². The van der Waals surface area contributed by atoms with Crippen molar-refractivity contribution >= 4 is 33.0 Å². The van der Waals surface area contributed by atoms with Gasteiger partial charge in [0.2, 0.25) is 0 Å². The lowest BCUT2D eigenvalue weighted by Gasteiger charge is -2.10. The molecule has 1 aromatic heterocycles. The van der Waals surface area contributed by atoms with E-state index in [2.05, 4.69) is 10.8 Å². The molecule has 1 nitrogen and oxygen atoms in total. The maximum atomic E-state index is 12.0. The molecule has 0 atom stereocenters. The Hall–Kier alpha value is -0.940. The zero-order valence-electron chi connectivity index (χ0n) is 7.06. The topological polar surface area (TPSA) is 9.23 Å². The average molecular weight is 252 g/mol. The summed E-state index contributed by atoms with van der Waals surface area (Å²) in [7, 11) is 0. The first-order valence-corrected chi connectivity index (χ1v) is 5.06. The molecule has 0 amide bonds. The second-order valence-electron chi connectivity index (χ2n) is 2.68. The van der Waals surface area contributed by atoms with Gasteiger partial charge in [-0.3, -0.25) is 0 Å². The second-order valence-corrected chi connectivity index (χ2v) is 3.97. The molecule has 0 bridgehead atoms. The largest absolute Gasteiger partial charge is 0.573 e. The van der Waals surface area contributed by atoms with Gasteiger partial charge in [0, 0.05) is 16.2 Å². The van der Waals surface area contributed by atoms with Crippen molar-refractivity contribution in [3.63, 3.8) is 0 Å². The van der Waals surface area contributed by atoms with E-state index < -0.39 is 12.1 Å². The third kappa shape index (κ3) is 2.18. The third-order valence-corrected chi connectivity index (χ3v) is 2.89. The van der Waals surface area contributed by atoms with Crippen LogP contribution in [-0.4, -0.2) is 6.36 Å². The molecule has 0 aliphatic carbocycles. The Morgan fingerprint density at radius 2 is 2.07 bits per heavy atom. The molecule has 6 heteroatoms. The minimum atomic E-state index is -4.73. The van der Waals surface area contributed by atoms with Gasteiger partial charge in [0.1, 0.15) is 5.75 Å². The van der Waals surface area contributed by atoms with Gasteiger partial charge in [0.15, 0.2) is 0 Å². The molecular weight excluding hydrogens is 249 g/mol. The highest BCUT2D eigenvalue weighted by molar-refractivity contribution is 7.17. The smallest absolute Gasteiger partial charge is 0.404 e. The Balaban J connectivity index is 2.48. The zero-order chi connectivity index (χ0) is 11.1. The van der Waals surface area contributed by atoms with Crippen LogP contribution in [0.15, 0.2) is 17.5 Å². The number of ether oxygens (including phenoxy) is 1. The van der Waals surface area contributed by atoms with Gasteiger partial charge < -0.3 is 4.74 Å². The normalized spacial score (nSPS) is 12.0. The highest BCUT2D eigenvalue weighted by Gasteiger charge is 2.32. The van der Waals surface area contributed by atoms with Crippen molar-refractivity contribution in [2.75, 3.05) is 0 Å². The van der Waals surface area contributed by atoms with Crippen LogP contribution in [0.3, 0.4) is 0 Å². The Bertz CT molecular complexity index is 492. The van der Waals surface area contributed by atoms with Crippen molar-refractivity contribution in [3.8, 4) is 5.75 Å². The van der Waals surface area contributed by atoms with Crippen LogP contribution in [-0.2, 0) is 0 Å². The Kier molecular flexibility index (Phi) is 2.52. The van der Waals surface area contributed by atoms with Crippen LogP contribution >= 0.6 is 22.9 Å². The lowest BCUT2D eigenvalue weighted by Crippen LogP contribution is -2.17. The molecule has 1 radical (unpaired) electrons. The van der Waals surface area contributed by atoms with Gasteiger partial charge in [0.25, 0.3) is 0 Å². The van der Waals surface area contributed by atoms with Gasteiger partial charge >= 0.3 is 6.36 Å². The molecule has 0 fully saturated rings. The number of alkyl halides is 3. The Morgan fingerprint density at radius 3 is 2.73 bits per heavy atom. The molecule has 2 rings (SSSR count). The van der Waals surface area contributed by atoms with E-state index >= 15 is 0 Å². The van der Waals surface area contributed by atoms with E-state index in [4.69, 9.17) is 11.6 Å². The Labute approximate surface area is 92.0 Å². The SMILES string of the molecule is FC(F)(F)Oc1ccc2sc[c]c2c1Cl. The molecule has 0 N–H and O–H groups in total. The van der Waals surface area contributed by atoms with Crippen LogP contribution in [0.4, 0.5) is 13.2 Å². The molecule has 0 saturated heterocycles. The Morgan fingerprint density at radius 1 is 1.33 bits per heavy atom. The van der Waals surface area contributed by atoms with Crippen LogP contribution in [0.25, 0.3) is 10.1 Å². The maximum absolute atomic E-state index is 12.0. The predicted octanol–water partition coefficient (Wildman–Crippen LogP) is 4.25. The summed E-state index contributed by atoms with van der Waals surface area (Å²) in [5.74, 6) is -0.397. The molecule has 0 aliphatic rings. The van der Waals surface area contributed by atoms with E-state index in [1.165, 1.54) is 23.5 Å². The third-order valence-electron chi connectivity index (χ3n) is 1.68. The fourth-order valence-electron chi connectivity index (χ4n) is 1.13. The number of rotatable bonds is 1. The predicted molar refractivity (Wildman–Crippen MR) is 52.4 cm³/mol. The van der Waals surface area contributed by atoms with Gasteiger partial charge in [-0.1, -0.05) is 11.6 Å².